The molecule has 0 bridgehead atoms. The van der Waals surface area contributed by atoms with Crippen LogP contribution in [0.1, 0.15) is 0 Å². The van der Waals surface area contributed by atoms with Crippen LogP contribution in [0.25, 0.3) is 4.85 Å². The lowest BCUT2D eigenvalue weighted by Gasteiger charge is -2.31. The number of alkyl halides is 6. The summed E-state index contributed by atoms with van der Waals surface area (Å²) >= 11 is 0. The van der Waals surface area contributed by atoms with Gasteiger partial charge in [0.05, 0.1) is 20.3 Å². The molecule has 146 valence electrons. The SMILES string of the molecule is [C-]#[N+]c1ccc(S(=O)(=O)[C-](S(=O)(=O)C(F)(F)F)S(=O)(=O)C(F)(F)F)cc1. The maximum atomic E-state index is 12.6. The van der Waals surface area contributed by atoms with Gasteiger partial charge in [-0.1, -0.05) is 24.3 Å². The number of hydrogen-bond acceptors (Lipinski definition) is 6. The lowest BCUT2D eigenvalue weighted by molar-refractivity contribution is -0.0449. The van der Waals surface area contributed by atoms with Gasteiger partial charge in [0.25, 0.3) is 0 Å². The molecule has 0 N–H and O–H groups in total. The van der Waals surface area contributed by atoms with Crippen LogP contribution in [0.4, 0.5) is 32.0 Å². The largest absolute Gasteiger partial charge is 0.470 e. The van der Waals surface area contributed by atoms with Gasteiger partial charge >= 0.3 is 11.0 Å². The van der Waals surface area contributed by atoms with Gasteiger partial charge in [0, 0.05) is 4.90 Å². The summed E-state index contributed by atoms with van der Waals surface area (Å²) in [6.07, 6.45) is 0. The van der Waals surface area contributed by atoms with Crippen LogP contribution >= 0.6 is 0 Å². The highest BCUT2D eigenvalue weighted by Gasteiger charge is 2.58. The topological polar surface area (TPSA) is 107 Å². The molecular formula is C10H4F6NO6S3-. The molecule has 0 saturated heterocycles. The fraction of sp³-hybridized carbons (Fsp3) is 0.200. The van der Waals surface area contributed by atoms with Crippen molar-refractivity contribution in [3.63, 3.8) is 0 Å². The summed E-state index contributed by atoms with van der Waals surface area (Å²) in [4.78, 5) is 1.27. The number of benzene rings is 1. The van der Waals surface area contributed by atoms with Crippen LogP contribution in [0.3, 0.4) is 0 Å². The number of hydrogen-bond donors (Lipinski definition) is 0. The Morgan fingerprint density at radius 1 is 0.769 bits per heavy atom. The summed E-state index contributed by atoms with van der Waals surface area (Å²) in [6, 6.07) is 1.83. The van der Waals surface area contributed by atoms with E-state index in [4.69, 9.17) is 6.57 Å². The first kappa shape index (κ1) is 22.2. The lowest BCUT2D eigenvalue weighted by Crippen LogP contribution is -2.43. The normalized spacial score (nSPS) is 14.2. The molecule has 0 aliphatic heterocycles. The molecule has 26 heavy (non-hydrogen) atoms. The summed E-state index contributed by atoms with van der Waals surface area (Å²) in [5, 5.41) is 0. The monoisotopic (exact) mass is 444 g/mol. The van der Waals surface area contributed by atoms with Crippen LogP contribution in [-0.4, -0.2) is 36.3 Å². The quantitative estimate of drug-likeness (QED) is 0.521. The fourth-order valence-electron chi connectivity index (χ4n) is 1.42. The van der Waals surface area contributed by atoms with E-state index in [2.05, 4.69) is 4.85 Å². The van der Waals surface area contributed by atoms with Gasteiger partial charge in [-0.2, -0.15) is 26.3 Å². The van der Waals surface area contributed by atoms with E-state index in [0.29, 0.717) is 24.3 Å². The molecule has 0 aliphatic rings. The first-order valence-corrected chi connectivity index (χ1v) is 10.1. The molecule has 0 saturated carbocycles. The van der Waals surface area contributed by atoms with Gasteiger partial charge < -0.3 is 0 Å². The molecule has 0 radical (unpaired) electrons. The molecule has 0 amide bonds. The Balaban J connectivity index is 3.90. The smallest absolute Gasteiger partial charge is 0.255 e. The molecule has 16 heteroatoms. The Kier molecular flexibility index (Phi) is 5.45. The zero-order valence-corrected chi connectivity index (χ0v) is 14.1. The molecule has 0 fully saturated rings. The van der Waals surface area contributed by atoms with Crippen LogP contribution in [0.2, 0.25) is 0 Å². The minimum atomic E-state index is -7.44. The van der Waals surface area contributed by atoms with Crippen molar-refractivity contribution in [2.75, 3.05) is 0 Å². The fourth-order valence-corrected chi connectivity index (χ4v) is 7.66. The van der Waals surface area contributed by atoms with E-state index in [0.717, 1.165) is 0 Å². The van der Waals surface area contributed by atoms with Crippen LogP contribution in [0.15, 0.2) is 29.2 Å². The minimum absolute atomic E-state index is 0.292. The molecular weight excluding hydrogens is 440 g/mol. The van der Waals surface area contributed by atoms with Crippen molar-refractivity contribution in [1.82, 2.24) is 0 Å². The first-order valence-electron chi connectivity index (χ1n) is 5.63. The second-order valence-electron chi connectivity index (χ2n) is 4.26. The Morgan fingerprint density at radius 2 is 1.12 bits per heavy atom. The van der Waals surface area contributed by atoms with Crippen molar-refractivity contribution in [3.05, 3.63) is 39.6 Å². The summed E-state index contributed by atoms with van der Waals surface area (Å²) in [5.41, 5.74) is -13.6. The molecule has 0 unspecified atom stereocenters. The second-order valence-corrected chi connectivity index (χ2v) is 10.7. The molecule has 1 rings (SSSR count). The predicted octanol–water partition coefficient (Wildman–Crippen LogP) is 2.33. The number of sulfone groups is 3. The molecule has 0 aromatic heterocycles. The number of rotatable bonds is 4. The van der Waals surface area contributed by atoms with E-state index >= 15 is 0 Å². The zero-order chi connectivity index (χ0) is 20.8. The maximum absolute atomic E-state index is 12.6. The van der Waals surface area contributed by atoms with Crippen LogP contribution in [0.5, 0.6) is 0 Å². The molecule has 0 atom stereocenters. The van der Waals surface area contributed by atoms with Crippen molar-refractivity contribution in [2.45, 2.75) is 15.9 Å². The molecule has 0 spiro atoms. The van der Waals surface area contributed by atoms with E-state index in [1.807, 2.05) is 0 Å². The first-order chi connectivity index (χ1) is 11.4. The predicted molar refractivity (Wildman–Crippen MR) is 73.1 cm³/mol. The molecule has 7 nitrogen and oxygen atoms in total. The van der Waals surface area contributed by atoms with Gasteiger partial charge in [0.1, 0.15) is 0 Å². The Morgan fingerprint density at radius 3 is 1.38 bits per heavy atom. The van der Waals surface area contributed by atoms with Gasteiger partial charge in [-0.15, -0.1) is 0 Å². The van der Waals surface area contributed by atoms with Crippen molar-refractivity contribution >= 4 is 35.2 Å². The summed E-state index contributed by atoms with van der Waals surface area (Å²) in [7, 11) is -21.2. The number of halogens is 6. The van der Waals surface area contributed by atoms with Crippen molar-refractivity contribution in [1.29, 1.82) is 0 Å². The van der Waals surface area contributed by atoms with E-state index in [9.17, 15) is 51.6 Å². The average Bonchev–Trinajstić information content (AvgIpc) is 2.44. The van der Waals surface area contributed by atoms with E-state index in [1.54, 1.807) is 0 Å². The van der Waals surface area contributed by atoms with Gasteiger partial charge in [0.15, 0.2) is 25.4 Å². The lowest BCUT2D eigenvalue weighted by atomic mass is 10.3. The van der Waals surface area contributed by atoms with Gasteiger partial charge in [-0.25, -0.2) is 4.85 Å². The Bertz CT molecular complexity index is 1000. The summed E-state index contributed by atoms with van der Waals surface area (Å²) in [6.45, 7) is 6.60. The highest BCUT2D eigenvalue weighted by Crippen LogP contribution is 2.45. The number of nitrogens with zero attached hydrogens (tertiary/aromatic N) is 1. The summed E-state index contributed by atoms with van der Waals surface area (Å²) in [5.74, 6) is 0. The highest BCUT2D eigenvalue weighted by atomic mass is 32.3. The molecule has 1 aromatic rings. The molecule has 1 aromatic carbocycles. The third-order valence-corrected chi connectivity index (χ3v) is 9.92. The van der Waals surface area contributed by atoms with Gasteiger partial charge in [-0.3, -0.25) is 25.3 Å². The standard InChI is InChI=1S/C10H4F6NO6S3/c1-17-6-2-4-7(5-3-6)24(18,19)8(25(20,21)9(11,12)13)26(22,23)10(14,15)16/h2-5H/q-1. The van der Waals surface area contributed by atoms with Gasteiger partial charge in [0.2, 0.25) is 0 Å². The average molecular weight is 444 g/mol. The van der Waals surface area contributed by atoms with Crippen molar-refractivity contribution in [3.8, 4) is 0 Å². The van der Waals surface area contributed by atoms with Crippen LogP contribution in [-0.2, 0) is 29.5 Å². The molecule has 0 heterocycles. The Labute approximate surface area is 142 Å². The minimum Gasteiger partial charge on any atom is -0.255 e. The molecule has 0 aliphatic carbocycles. The van der Waals surface area contributed by atoms with Crippen LogP contribution in [0, 0.1) is 10.5 Å². The van der Waals surface area contributed by atoms with E-state index in [-0.39, 0.29) is 5.69 Å². The van der Waals surface area contributed by atoms with E-state index < -0.39 is 49.3 Å². The van der Waals surface area contributed by atoms with E-state index in [1.165, 1.54) is 0 Å². The summed E-state index contributed by atoms with van der Waals surface area (Å²) < 4.78 is 141. The third kappa shape index (κ3) is 3.64. The highest BCUT2D eigenvalue weighted by molar-refractivity contribution is 8.29. The van der Waals surface area contributed by atoms with Crippen LogP contribution < -0.4 is 0 Å². The van der Waals surface area contributed by atoms with Crippen molar-refractivity contribution in [2.24, 2.45) is 0 Å². The Hall–Kier alpha value is -1.86. The zero-order valence-electron chi connectivity index (χ0n) is 11.7. The third-order valence-electron chi connectivity index (χ3n) is 2.54. The van der Waals surface area contributed by atoms with Gasteiger partial charge in [-0.05, 0) is 0 Å². The maximum Gasteiger partial charge on any atom is 0.470 e. The second kappa shape index (κ2) is 6.39. The van der Waals surface area contributed by atoms with Crippen molar-refractivity contribution < 1.29 is 51.6 Å².